The molecule has 0 spiro atoms. The summed E-state index contributed by atoms with van der Waals surface area (Å²) in [7, 11) is 0. The Bertz CT molecular complexity index is 333. The van der Waals surface area contributed by atoms with Gasteiger partial charge in [-0.25, -0.2) is 0 Å². The van der Waals surface area contributed by atoms with Gasteiger partial charge in [-0.3, -0.25) is 0 Å². The van der Waals surface area contributed by atoms with Crippen molar-refractivity contribution in [2.75, 3.05) is 0 Å². The van der Waals surface area contributed by atoms with Gasteiger partial charge in [0.1, 0.15) is 0 Å². The maximum atomic E-state index is 12.1. The van der Waals surface area contributed by atoms with Crippen LogP contribution in [0.4, 0.5) is 0 Å². The second kappa shape index (κ2) is 2.59. The molecule has 0 atom stereocenters. The van der Waals surface area contributed by atoms with Crippen LogP contribution in [0.1, 0.15) is 38.8 Å². The van der Waals surface area contributed by atoms with Crippen LogP contribution in [-0.4, -0.2) is 5.06 Å². The van der Waals surface area contributed by atoms with Crippen LogP contribution in [0.15, 0.2) is 24.3 Å². The standard InChI is InChI=1S/C12H16NO/c1-11(2)9-7-5-6-8-10(9)12(3,4)13(11)14/h5-8H,1-4H3/q-1. The van der Waals surface area contributed by atoms with Crippen molar-refractivity contribution in [1.29, 1.82) is 0 Å². The van der Waals surface area contributed by atoms with E-state index in [4.69, 9.17) is 0 Å². The summed E-state index contributed by atoms with van der Waals surface area (Å²) in [5, 5.41) is 13.3. The zero-order chi connectivity index (χ0) is 10.6. The van der Waals surface area contributed by atoms with Crippen LogP contribution in [0, 0.1) is 5.21 Å². The summed E-state index contributed by atoms with van der Waals surface area (Å²) in [6.07, 6.45) is 0. The SMILES string of the molecule is CC1(C)c2ccccc2C(C)(C)N1[O-]. The van der Waals surface area contributed by atoms with Crippen LogP contribution in [0.2, 0.25) is 0 Å². The quantitative estimate of drug-likeness (QED) is 0.628. The van der Waals surface area contributed by atoms with E-state index in [0.717, 1.165) is 11.1 Å². The number of hydroxylamine groups is 2. The number of benzene rings is 1. The van der Waals surface area contributed by atoms with E-state index >= 15 is 0 Å². The zero-order valence-corrected chi connectivity index (χ0v) is 9.16. The first kappa shape index (κ1) is 9.69. The highest BCUT2D eigenvalue weighted by molar-refractivity contribution is 5.43. The Hall–Kier alpha value is -0.860. The molecule has 0 amide bonds. The molecular weight excluding hydrogens is 174 g/mol. The smallest absolute Gasteiger partial charge is 0.0299 e. The van der Waals surface area contributed by atoms with Gasteiger partial charge in [0.15, 0.2) is 0 Å². The first-order chi connectivity index (χ1) is 6.38. The predicted octanol–water partition coefficient (Wildman–Crippen LogP) is 2.97. The van der Waals surface area contributed by atoms with Gasteiger partial charge in [-0.15, -0.1) is 0 Å². The summed E-state index contributed by atoms with van der Waals surface area (Å²) in [5.41, 5.74) is 1.50. The van der Waals surface area contributed by atoms with E-state index in [1.165, 1.54) is 5.06 Å². The third-order valence-corrected chi connectivity index (χ3v) is 3.26. The van der Waals surface area contributed by atoms with Gasteiger partial charge in [0.25, 0.3) is 0 Å². The van der Waals surface area contributed by atoms with Crippen molar-refractivity contribution in [3.8, 4) is 0 Å². The minimum Gasteiger partial charge on any atom is -0.784 e. The van der Waals surface area contributed by atoms with Gasteiger partial charge < -0.3 is 10.3 Å². The van der Waals surface area contributed by atoms with Crippen molar-refractivity contribution in [3.63, 3.8) is 0 Å². The fraction of sp³-hybridized carbons (Fsp3) is 0.500. The van der Waals surface area contributed by atoms with Gasteiger partial charge in [0.2, 0.25) is 0 Å². The van der Waals surface area contributed by atoms with Crippen LogP contribution in [-0.2, 0) is 11.1 Å². The number of rotatable bonds is 0. The molecule has 1 aromatic carbocycles. The third-order valence-electron chi connectivity index (χ3n) is 3.26. The van der Waals surface area contributed by atoms with Crippen LogP contribution in [0.25, 0.3) is 0 Å². The number of nitrogens with zero attached hydrogens (tertiary/aromatic N) is 1. The zero-order valence-electron chi connectivity index (χ0n) is 9.16. The summed E-state index contributed by atoms with van der Waals surface area (Å²) < 4.78 is 0. The largest absolute Gasteiger partial charge is 0.784 e. The average Bonchev–Trinajstić information content (AvgIpc) is 2.28. The molecule has 0 N–H and O–H groups in total. The lowest BCUT2D eigenvalue weighted by atomic mass is 9.91. The minimum atomic E-state index is -0.403. The Balaban J connectivity index is 2.70. The van der Waals surface area contributed by atoms with Crippen molar-refractivity contribution in [3.05, 3.63) is 40.6 Å². The molecule has 1 aliphatic rings. The molecule has 1 aliphatic heterocycles. The maximum absolute atomic E-state index is 12.1. The molecule has 1 heterocycles. The van der Waals surface area contributed by atoms with Crippen LogP contribution < -0.4 is 0 Å². The van der Waals surface area contributed by atoms with E-state index in [-0.39, 0.29) is 0 Å². The van der Waals surface area contributed by atoms with Crippen molar-refractivity contribution in [1.82, 2.24) is 5.06 Å². The summed E-state index contributed by atoms with van der Waals surface area (Å²) in [6, 6.07) is 8.09. The van der Waals surface area contributed by atoms with Gasteiger partial charge in [-0.2, -0.15) is 0 Å². The fourth-order valence-corrected chi connectivity index (χ4v) is 2.47. The minimum absolute atomic E-state index is 0.403. The van der Waals surface area contributed by atoms with Crippen LogP contribution in [0.5, 0.6) is 0 Å². The molecule has 0 saturated heterocycles. The normalized spacial score (nSPS) is 23.5. The van der Waals surface area contributed by atoms with Gasteiger partial charge >= 0.3 is 0 Å². The van der Waals surface area contributed by atoms with Crippen molar-refractivity contribution < 1.29 is 0 Å². The highest BCUT2D eigenvalue weighted by Gasteiger charge is 2.42. The molecule has 14 heavy (non-hydrogen) atoms. The summed E-state index contributed by atoms with van der Waals surface area (Å²) >= 11 is 0. The van der Waals surface area contributed by atoms with E-state index in [0.29, 0.717) is 0 Å². The van der Waals surface area contributed by atoms with E-state index in [1.807, 2.05) is 39.8 Å². The lowest BCUT2D eigenvalue weighted by Gasteiger charge is -2.46. The van der Waals surface area contributed by atoms with Gasteiger partial charge in [-0.1, -0.05) is 24.3 Å². The molecular formula is C12H16NO-. The van der Waals surface area contributed by atoms with Gasteiger partial charge in [0, 0.05) is 11.1 Å². The molecule has 0 fully saturated rings. The van der Waals surface area contributed by atoms with E-state index in [9.17, 15) is 5.21 Å². The Morgan fingerprint density at radius 1 is 0.929 bits per heavy atom. The molecule has 0 aromatic heterocycles. The molecule has 0 aliphatic carbocycles. The van der Waals surface area contributed by atoms with Crippen LogP contribution in [0.3, 0.4) is 0 Å². The van der Waals surface area contributed by atoms with Gasteiger partial charge in [-0.05, 0) is 38.8 Å². The molecule has 0 bridgehead atoms. The molecule has 76 valence electrons. The molecule has 1 aromatic rings. The lowest BCUT2D eigenvalue weighted by Crippen LogP contribution is -2.40. The molecule has 0 saturated carbocycles. The Morgan fingerprint density at radius 3 is 1.64 bits per heavy atom. The number of hydrogen-bond donors (Lipinski definition) is 0. The topological polar surface area (TPSA) is 26.3 Å². The second-order valence-corrected chi connectivity index (χ2v) is 4.96. The first-order valence-electron chi connectivity index (χ1n) is 4.96. The molecule has 2 nitrogen and oxygen atoms in total. The second-order valence-electron chi connectivity index (χ2n) is 4.96. The van der Waals surface area contributed by atoms with E-state index in [1.54, 1.807) is 0 Å². The molecule has 0 radical (unpaired) electrons. The predicted molar refractivity (Wildman–Crippen MR) is 57.7 cm³/mol. The monoisotopic (exact) mass is 190 g/mol. The van der Waals surface area contributed by atoms with Crippen molar-refractivity contribution in [2.24, 2.45) is 0 Å². The fourth-order valence-electron chi connectivity index (χ4n) is 2.47. The van der Waals surface area contributed by atoms with Crippen LogP contribution >= 0.6 is 0 Å². The highest BCUT2D eigenvalue weighted by Crippen LogP contribution is 2.48. The Morgan fingerprint density at radius 2 is 1.29 bits per heavy atom. The average molecular weight is 190 g/mol. The summed E-state index contributed by atoms with van der Waals surface area (Å²) in [5.74, 6) is 0. The van der Waals surface area contributed by atoms with Crippen molar-refractivity contribution >= 4 is 0 Å². The lowest BCUT2D eigenvalue weighted by molar-refractivity contribution is 0.101. The van der Waals surface area contributed by atoms with E-state index < -0.39 is 11.1 Å². The van der Waals surface area contributed by atoms with Crippen molar-refractivity contribution in [2.45, 2.75) is 38.8 Å². The van der Waals surface area contributed by atoms with E-state index in [2.05, 4.69) is 12.1 Å². The summed E-state index contributed by atoms with van der Waals surface area (Å²) in [6.45, 7) is 7.92. The summed E-state index contributed by atoms with van der Waals surface area (Å²) in [4.78, 5) is 0. The molecule has 2 heteroatoms. The van der Waals surface area contributed by atoms with Gasteiger partial charge in [0.05, 0.1) is 0 Å². The third kappa shape index (κ3) is 0.983. The number of fused-ring (bicyclic) bond motifs is 1. The highest BCUT2D eigenvalue weighted by atomic mass is 16.5. The first-order valence-corrected chi connectivity index (χ1v) is 4.96. The molecule has 0 unspecified atom stereocenters. The number of hydrogen-bond acceptors (Lipinski definition) is 2. The Labute approximate surface area is 85.1 Å². The Kier molecular flexibility index (Phi) is 1.79. The molecule has 2 rings (SSSR count). The maximum Gasteiger partial charge on any atom is 0.0299 e.